The molecule has 19 heavy (non-hydrogen) atoms. The highest BCUT2D eigenvalue weighted by atomic mass is 35.5. The lowest BCUT2D eigenvalue weighted by molar-refractivity contribution is 0.519. The zero-order valence-electron chi connectivity index (χ0n) is 11.2. The van der Waals surface area contributed by atoms with Crippen molar-refractivity contribution in [3.05, 3.63) is 52.1 Å². The first kappa shape index (κ1) is 14.0. The molecular weight excluding hydrogens is 265 g/mol. The summed E-state index contributed by atoms with van der Waals surface area (Å²) < 4.78 is 15.6. The Morgan fingerprint density at radius 3 is 2.74 bits per heavy atom. The topological polar surface area (TPSA) is 29.9 Å². The lowest BCUT2D eigenvalue weighted by Crippen LogP contribution is -2.22. The Kier molecular flexibility index (Phi) is 4.22. The summed E-state index contributed by atoms with van der Waals surface area (Å²) in [6.07, 6.45) is 0.487. The van der Waals surface area contributed by atoms with E-state index >= 15 is 0 Å². The minimum Gasteiger partial charge on any atom is -0.311 e. The molecule has 1 aromatic carbocycles. The third-order valence-electron chi connectivity index (χ3n) is 3.21. The van der Waals surface area contributed by atoms with Gasteiger partial charge in [-0.25, -0.2) is 4.39 Å². The first-order valence-corrected chi connectivity index (χ1v) is 6.51. The predicted octanol–water partition coefficient (Wildman–Crippen LogP) is 3.02. The van der Waals surface area contributed by atoms with Crippen LogP contribution < -0.4 is 5.32 Å². The van der Waals surface area contributed by atoms with Crippen LogP contribution in [-0.2, 0) is 13.5 Å². The highest BCUT2D eigenvalue weighted by molar-refractivity contribution is 6.31. The van der Waals surface area contributed by atoms with Gasteiger partial charge < -0.3 is 5.32 Å². The van der Waals surface area contributed by atoms with Gasteiger partial charge in [-0.1, -0.05) is 17.7 Å². The summed E-state index contributed by atoms with van der Waals surface area (Å²) in [5.41, 5.74) is 2.49. The lowest BCUT2D eigenvalue weighted by Gasteiger charge is -2.17. The fourth-order valence-electron chi connectivity index (χ4n) is 2.24. The average Bonchev–Trinajstić information content (AvgIpc) is 2.68. The average molecular weight is 282 g/mol. The van der Waals surface area contributed by atoms with E-state index in [1.807, 2.05) is 31.8 Å². The maximum Gasteiger partial charge on any atom is 0.127 e. The number of rotatable bonds is 4. The van der Waals surface area contributed by atoms with Crippen LogP contribution in [-0.4, -0.2) is 16.8 Å². The number of nitrogens with zero attached hydrogens (tertiary/aromatic N) is 2. The summed E-state index contributed by atoms with van der Waals surface area (Å²) in [4.78, 5) is 0. The molecular formula is C14H17ClFN3. The second-order valence-electron chi connectivity index (χ2n) is 4.58. The summed E-state index contributed by atoms with van der Waals surface area (Å²) in [5, 5.41) is 7.96. The molecule has 1 heterocycles. The molecule has 0 aliphatic heterocycles. The Morgan fingerprint density at radius 2 is 2.21 bits per heavy atom. The molecule has 3 nitrogen and oxygen atoms in total. The number of aryl methyl sites for hydroxylation is 2. The summed E-state index contributed by atoms with van der Waals surface area (Å²) in [6.45, 7) is 1.94. The Balaban J connectivity index is 2.32. The normalized spacial score (nSPS) is 12.7. The molecule has 0 saturated carbocycles. The first-order chi connectivity index (χ1) is 9.02. The van der Waals surface area contributed by atoms with Crippen LogP contribution in [0, 0.1) is 12.7 Å². The van der Waals surface area contributed by atoms with Crippen LogP contribution in [0.4, 0.5) is 4.39 Å². The van der Waals surface area contributed by atoms with Crippen LogP contribution in [0.15, 0.2) is 24.3 Å². The van der Waals surface area contributed by atoms with Crippen LogP contribution >= 0.6 is 11.6 Å². The Morgan fingerprint density at radius 1 is 1.47 bits per heavy atom. The van der Waals surface area contributed by atoms with Crippen LogP contribution in [0.3, 0.4) is 0 Å². The number of aromatic nitrogens is 2. The molecule has 0 bridgehead atoms. The second kappa shape index (κ2) is 5.72. The largest absolute Gasteiger partial charge is 0.311 e. The molecule has 5 heteroatoms. The zero-order valence-corrected chi connectivity index (χ0v) is 12.0. The quantitative estimate of drug-likeness (QED) is 0.934. The van der Waals surface area contributed by atoms with Crippen LogP contribution in [0.1, 0.15) is 23.0 Å². The number of likely N-dealkylation sites (N-methyl/N-ethyl adjacent to an activating group) is 1. The molecule has 2 rings (SSSR count). The second-order valence-corrected chi connectivity index (χ2v) is 4.99. The molecule has 0 aliphatic rings. The van der Waals surface area contributed by atoms with Crippen molar-refractivity contribution in [2.24, 2.45) is 7.05 Å². The molecule has 0 fully saturated rings. The van der Waals surface area contributed by atoms with Gasteiger partial charge in [-0.15, -0.1) is 0 Å². The number of nitrogens with one attached hydrogen (secondary N) is 1. The maximum atomic E-state index is 13.8. The van der Waals surface area contributed by atoms with Crippen molar-refractivity contribution < 1.29 is 4.39 Å². The Labute approximate surface area is 117 Å². The Bertz CT molecular complexity index is 560. The molecule has 0 saturated heterocycles. The summed E-state index contributed by atoms with van der Waals surface area (Å²) in [7, 11) is 3.73. The summed E-state index contributed by atoms with van der Waals surface area (Å²) in [6, 6.07) is 6.73. The summed E-state index contributed by atoms with van der Waals surface area (Å²) in [5.74, 6) is -0.272. The molecule has 1 unspecified atom stereocenters. The van der Waals surface area contributed by atoms with Gasteiger partial charge in [0.1, 0.15) is 5.82 Å². The zero-order chi connectivity index (χ0) is 14.0. The van der Waals surface area contributed by atoms with Crippen molar-refractivity contribution in [3.63, 3.8) is 0 Å². The van der Waals surface area contributed by atoms with Gasteiger partial charge in [0.2, 0.25) is 0 Å². The molecule has 102 valence electrons. The highest BCUT2D eigenvalue weighted by Gasteiger charge is 2.18. The minimum atomic E-state index is -0.272. The Hall–Kier alpha value is -1.39. The van der Waals surface area contributed by atoms with Crippen LogP contribution in [0.2, 0.25) is 5.02 Å². The third-order valence-corrected chi connectivity index (χ3v) is 3.57. The van der Waals surface area contributed by atoms with Crippen LogP contribution in [0.25, 0.3) is 0 Å². The van der Waals surface area contributed by atoms with E-state index < -0.39 is 0 Å². The van der Waals surface area contributed by atoms with Crippen molar-refractivity contribution in [2.75, 3.05) is 7.05 Å². The van der Waals surface area contributed by atoms with Gasteiger partial charge in [-0.2, -0.15) is 5.10 Å². The predicted molar refractivity (Wildman–Crippen MR) is 74.9 cm³/mol. The molecule has 2 aromatic rings. The van der Waals surface area contributed by atoms with E-state index in [1.54, 1.807) is 12.1 Å². The highest BCUT2D eigenvalue weighted by Crippen LogP contribution is 2.25. The van der Waals surface area contributed by atoms with E-state index in [9.17, 15) is 4.39 Å². The van der Waals surface area contributed by atoms with E-state index in [1.165, 1.54) is 6.07 Å². The molecule has 0 amide bonds. The monoisotopic (exact) mass is 281 g/mol. The van der Waals surface area contributed by atoms with Gasteiger partial charge in [0.05, 0.1) is 17.4 Å². The van der Waals surface area contributed by atoms with E-state index in [2.05, 4.69) is 10.4 Å². The molecule has 1 aromatic heterocycles. The number of hydrogen-bond acceptors (Lipinski definition) is 2. The fraction of sp³-hybridized carbons (Fsp3) is 0.357. The van der Waals surface area contributed by atoms with Crippen molar-refractivity contribution in [3.8, 4) is 0 Å². The minimum absolute atomic E-state index is 0.0272. The third kappa shape index (κ3) is 2.96. The first-order valence-electron chi connectivity index (χ1n) is 6.13. The van der Waals surface area contributed by atoms with Gasteiger partial charge in [0, 0.05) is 17.6 Å². The van der Waals surface area contributed by atoms with Gasteiger partial charge in [0.15, 0.2) is 0 Å². The summed E-state index contributed by atoms with van der Waals surface area (Å²) >= 11 is 6.07. The SMILES string of the molecule is CNC(Cc1c(F)cccc1Cl)c1cc(C)nn1C. The number of benzene rings is 1. The van der Waals surface area contributed by atoms with Gasteiger partial charge >= 0.3 is 0 Å². The van der Waals surface area contributed by atoms with Gasteiger partial charge in [-0.3, -0.25) is 4.68 Å². The standard InChI is InChI=1S/C14H17ClFN3/c1-9-7-14(19(3)18-9)13(17-2)8-10-11(15)5-4-6-12(10)16/h4-7,13,17H,8H2,1-3H3. The van der Waals surface area contributed by atoms with E-state index in [0.717, 1.165) is 11.4 Å². The van der Waals surface area contributed by atoms with Crippen molar-refractivity contribution in [1.29, 1.82) is 0 Å². The van der Waals surface area contributed by atoms with Crippen molar-refractivity contribution in [2.45, 2.75) is 19.4 Å². The molecule has 1 atom stereocenters. The molecule has 0 radical (unpaired) electrons. The van der Waals surface area contributed by atoms with Crippen molar-refractivity contribution >= 4 is 11.6 Å². The van der Waals surface area contributed by atoms with E-state index in [-0.39, 0.29) is 11.9 Å². The number of halogens is 2. The molecule has 0 aliphatic carbocycles. The smallest absolute Gasteiger partial charge is 0.127 e. The van der Waals surface area contributed by atoms with Crippen LogP contribution in [0.5, 0.6) is 0 Å². The fourth-order valence-corrected chi connectivity index (χ4v) is 2.48. The van der Waals surface area contributed by atoms with Crippen molar-refractivity contribution in [1.82, 2.24) is 15.1 Å². The van der Waals surface area contributed by atoms with E-state index in [4.69, 9.17) is 11.6 Å². The maximum absolute atomic E-state index is 13.8. The lowest BCUT2D eigenvalue weighted by atomic mass is 10.0. The van der Waals surface area contributed by atoms with Gasteiger partial charge in [0.25, 0.3) is 0 Å². The number of hydrogen-bond donors (Lipinski definition) is 1. The van der Waals surface area contributed by atoms with E-state index in [0.29, 0.717) is 17.0 Å². The van der Waals surface area contributed by atoms with Gasteiger partial charge in [-0.05, 0) is 38.6 Å². The molecule has 0 spiro atoms. The molecule has 1 N–H and O–H groups in total.